The molecule has 0 heterocycles. The van der Waals surface area contributed by atoms with Gasteiger partial charge in [0.1, 0.15) is 0 Å². The van der Waals surface area contributed by atoms with Crippen molar-refractivity contribution in [3.05, 3.63) is 29.8 Å². The molecule has 0 radical (unpaired) electrons. The Morgan fingerprint density at radius 3 is 1.89 bits per heavy atom. The van der Waals surface area contributed by atoms with Crippen LogP contribution in [0.5, 0.6) is 0 Å². The predicted molar refractivity (Wildman–Crippen MR) is 36.8 cm³/mol. The maximum absolute atomic E-state index is 4.87. The van der Waals surface area contributed by atoms with Crippen LogP contribution >= 0.6 is 0 Å². The standard InChI is InChI=1S/C7H8S.Ag/c1-6-2-4-7(8)5-3-6;/h2-5,8H,1H3;/q;+1/p-1. The Bertz CT molecular complexity index is 148. The molecule has 1 aromatic carbocycles. The van der Waals surface area contributed by atoms with E-state index in [9.17, 15) is 0 Å². The molecule has 0 aliphatic heterocycles. The normalized spacial score (nSPS) is 8.11. The van der Waals surface area contributed by atoms with Gasteiger partial charge < -0.3 is 12.6 Å². The molecule has 0 N–H and O–H groups in total. The fourth-order valence-corrected chi connectivity index (χ4v) is 0.674. The zero-order chi connectivity index (χ0) is 5.98. The molecule has 0 amide bonds. The summed E-state index contributed by atoms with van der Waals surface area (Å²) in [5.74, 6) is 0. The van der Waals surface area contributed by atoms with Gasteiger partial charge in [-0.3, -0.25) is 0 Å². The first kappa shape index (κ1) is 9.18. The van der Waals surface area contributed by atoms with Crippen LogP contribution in [-0.4, -0.2) is 0 Å². The summed E-state index contributed by atoms with van der Waals surface area (Å²) in [5.41, 5.74) is 1.26. The van der Waals surface area contributed by atoms with E-state index in [4.69, 9.17) is 12.6 Å². The van der Waals surface area contributed by atoms with Gasteiger partial charge in [-0.2, -0.15) is 4.90 Å². The number of hydrogen-bond donors (Lipinski definition) is 0. The topological polar surface area (TPSA) is 0 Å². The molecule has 0 saturated carbocycles. The van der Waals surface area contributed by atoms with Gasteiger partial charge in [0.05, 0.1) is 0 Å². The van der Waals surface area contributed by atoms with Crippen molar-refractivity contribution in [3.63, 3.8) is 0 Å². The van der Waals surface area contributed by atoms with Crippen LogP contribution in [0.15, 0.2) is 29.2 Å². The summed E-state index contributed by atoms with van der Waals surface area (Å²) in [7, 11) is 0. The first-order chi connectivity index (χ1) is 3.79. The van der Waals surface area contributed by atoms with E-state index in [-0.39, 0.29) is 22.4 Å². The number of aryl methyl sites for hydroxylation is 1. The molecular formula is C7H7AgS. The van der Waals surface area contributed by atoms with Crippen molar-refractivity contribution in [2.45, 2.75) is 11.8 Å². The minimum Gasteiger partial charge on any atom is -0.780 e. The Morgan fingerprint density at radius 2 is 1.56 bits per heavy atom. The summed E-state index contributed by atoms with van der Waals surface area (Å²) >= 11 is 4.87. The molecule has 0 nitrogen and oxygen atoms in total. The summed E-state index contributed by atoms with van der Waals surface area (Å²) in [5, 5.41) is 0. The number of hydrogen-bond acceptors (Lipinski definition) is 1. The Kier molecular flexibility index (Phi) is 4.15. The van der Waals surface area contributed by atoms with Crippen molar-refractivity contribution < 1.29 is 22.4 Å². The summed E-state index contributed by atoms with van der Waals surface area (Å²) in [4.78, 5) is 0.913. The largest absolute Gasteiger partial charge is 1.00 e. The molecule has 0 atom stereocenters. The second-order valence-corrected chi connectivity index (χ2v) is 2.28. The molecule has 0 unspecified atom stereocenters. The van der Waals surface area contributed by atoms with Crippen molar-refractivity contribution in [3.8, 4) is 0 Å². The molecule has 52 valence electrons. The third kappa shape index (κ3) is 3.01. The fraction of sp³-hybridized carbons (Fsp3) is 0.143. The van der Waals surface area contributed by atoms with Crippen molar-refractivity contribution in [1.29, 1.82) is 0 Å². The number of rotatable bonds is 0. The average Bonchev–Trinajstić information content (AvgIpc) is 1.77. The van der Waals surface area contributed by atoms with Gasteiger partial charge in [0, 0.05) is 0 Å². The summed E-state index contributed by atoms with van der Waals surface area (Å²) in [6.45, 7) is 2.05. The van der Waals surface area contributed by atoms with Gasteiger partial charge in [-0.25, -0.2) is 0 Å². The van der Waals surface area contributed by atoms with Crippen LogP contribution < -0.4 is 0 Å². The maximum Gasteiger partial charge on any atom is 1.00 e. The molecule has 9 heavy (non-hydrogen) atoms. The molecule has 1 aromatic rings. The van der Waals surface area contributed by atoms with E-state index in [1.807, 2.05) is 24.3 Å². The van der Waals surface area contributed by atoms with Gasteiger partial charge in [-0.1, -0.05) is 29.8 Å². The molecule has 0 spiro atoms. The van der Waals surface area contributed by atoms with Gasteiger partial charge in [0.25, 0.3) is 0 Å². The van der Waals surface area contributed by atoms with E-state index in [0.29, 0.717) is 0 Å². The summed E-state index contributed by atoms with van der Waals surface area (Å²) in [6, 6.07) is 7.90. The van der Waals surface area contributed by atoms with Gasteiger partial charge in [0.2, 0.25) is 0 Å². The van der Waals surface area contributed by atoms with Crippen molar-refractivity contribution in [2.75, 3.05) is 0 Å². The molecule has 0 aliphatic rings. The van der Waals surface area contributed by atoms with Crippen LogP contribution in [0, 0.1) is 6.92 Å². The molecule has 0 fully saturated rings. The van der Waals surface area contributed by atoms with E-state index >= 15 is 0 Å². The Labute approximate surface area is 76.6 Å². The van der Waals surface area contributed by atoms with Crippen LogP contribution in [0.4, 0.5) is 0 Å². The smallest absolute Gasteiger partial charge is 0.780 e. The van der Waals surface area contributed by atoms with Gasteiger partial charge in [-0.05, 0) is 6.92 Å². The third-order valence-corrected chi connectivity index (χ3v) is 1.29. The van der Waals surface area contributed by atoms with Crippen LogP contribution in [-0.2, 0) is 35.0 Å². The van der Waals surface area contributed by atoms with E-state index in [2.05, 4.69) is 6.92 Å². The Hall–Kier alpha value is 0.180. The summed E-state index contributed by atoms with van der Waals surface area (Å²) in [6.07, 6.45) is 0. The first-order valence-electron chi connectivity index (χ1n) is 2.53. The van der Waals surface area contributed by atoms with Crippen LogP contribution in [0.3, 0.4) is 0 Å². The predicted octanol–water partition coefficient (Wildman–Crippen LogP) is 1.90. The third-order valence-electron chi connectivity index (χ3n) is 1.02. The van der Waals surface area contributed by atoms with Crippen LogP contribution in [0.25, 0.3) is 0 Å². The monoisotopic (exact) mass is 230 g/mol. The fourth-order valence-electron chi connectivity index (χ4n) is 0.538. The molecular weight excluding hydrogens is 224 g/mol. The minimum absolute atomic E-state index is 0. The van der Waals surface area contributed by atoms with Crippen molar-refractivity contribution in [1.82, 2.24) is 0 Å². The van der Waals surface area contributed by atoms with Crippen molar-refractivity contribution in [2.24, 2.45) is 0 Å². The van der Waals surface area contributed by atoms with Crippen LogP contribution in [0.1, 0.15) is 5.56 Å². The van der Waals surface area contributed by atoms with E-state index < -0.39 is 0 Å². The molecule has 2 heteroatoms. The minimum atomic E-state index is 0. The molecule has 0 bridgehead atoms. The quantitative estimate of drug-likeness (QED) is 0.485. The SMILES string of the molecule is Cc1ccc([S-])cc1.[Ag+]. The van der Waals surface area contributed by atoms with Crippen molar-refractivity contribution >= 4 is 12.6 Å². The van der Waals surface area contributed by atoms with E-state index in [0.717, 1.165) is 4.90 Å². The molecule has 0 aliphatic carbocycles. The first-order valence-corrected chi connectivity index (χ1v) is 2.93. The second kappa shape index (κ2) is 4.07. The Morgan fingerprint density at radius 1 is 1.11 bits per heavy atom. The van der Waals surface area contributed by atoms with Gasteiger partial charge >= 0.3 is 22.4 Å². The zero-order valence-electron chi connectivity index (χ0n) is 5.02. The van der Waals surface area contributed by atoms with Gasteiger partial charge in [0.15, 0.2) is 0 Å². The Balaban J connectivity index is 0.000000640. The van der Waals surface area contributed by atoms with Crippen LogP contribution in [0.2, 0.25) is 0 Å². The zero-order valence-corrected chi connectivity index (χ0v) is 7.32. The number of benzene rings is 1. The molecule has 0 aromatic heterocycles. The second-order valence-electron chi connectivity index (χ2n) is 1.81. The summed E-state index contributed by atoms with van der Waals surface area (Å²) < 4.78 is 0. The maximum atomic E-state index is 4.87. The van der Waals surface area contributed by atoms with E-state index in [1.54, 1.807) is 0 Å². The van der Waals surface area contributed by atoms with E-state index in [1.165, 1.54) is 5.56 Å². The molecule has 0 saturated heterocycles. The van der Waals surface area contributed by atoms with Gasteiger partial charge in [-0.15, -0.1) is 0 Å². The molecule has 1 rings (SSSR count). The average molecular weight is 231 g/mol.